The van der Waals surface area contributed by atoms with Gasteiger partial charge in [-0.3, -0.25) is 0 Å². The monoisotopic (exact) mass is 374 g/mol. The highest BCUT2D eigenvalue weighted by Gasteiger charge is 2.64. The summed E-state index contributed by atoms with van der Waals surface area (Å²) in [6.45, 7) is 8.22. The Hall–Kier alpha value is -0.500. The molecule has 0 bridgehead atoms. The molecule has 0 heterocycles. The molecule has 1 unspecified atom stereocenters. The minimum atomic E-state index is -0.239. The van der Waals surface area contributed by atoms with E-state index in [1.54, 1.807) is 0 Å². The summed E-state index contributed by atoms with van der Waals surface area (Å²) in [5, 5.41) is 9.72. The number of aliphatic hydroxyl groups is 1. The molecule has 4 fully saturated rings. The zero-order chi connectivity index (χ0) is 19.1. The fourth-order valence-electron chi connectivity index (χ4n) is 8.41. The largest absolute Gasteiger partial charge is 0.516 e. The smallest absolute Gasteiger partial charge is 0.0950 e. The Balaban J connectivity index is 1.60. The van der Waals surface area contributed by atoms with Gasteiger partial charge in [0.25, 0.3) is 0 Å². The normalized spacial score (nSPS) is 49.6. The van der Waals surface area contributed by atoms with Crippen molar-refractivity contribution in [3.63, 3.8) is 0 Å². The Labute approximate surface area is 167 Å². The Kier molecular flexibility index (Phi) is 5.42. The molecule has 4 saturated carbocycles. The van der Waals surface area contributed by atoms with Gasteiger partial charge in [-0.2, -0.15) is 0 Å². The van der Waals surface area contributed by atoms with E-state index in [-0.39, 0.29) is 11.0 Å². The van der Waals surface area contributed by atoms with Crippen molar-refractivity contribution in [2.75, 3.05) is 6.61 Å². The second-order valence-electron chi connectivity index (χ2n) is 10.8. The highest BCUT2D eigenvalue weighted by molar-refractivity contribution is 5.20. The van der Waals surface area contributed by atoms with Crippen LogP contribution in [0.15, 0.2) is 12.3 Å². The van der Waals surface area contributed by atoms with Gasteiger partial charge in [0, 0.05) is 12.0 Å². The molecule has 2 nitrogen and oxygen atoms in total. The molecule has 0 aromatic rings. The van der Waals surface area contributed by atoms with Gasteiger partial charge >= 0.3 is 0 Å². The van der Waals surface area contributed by atoms with Crippen LogP contribution in [-0.4, -0.2) is 17.3 Å². The Morgan fingerprint density at radius 1 is 0.963 bits per heavy atom. The molecule has 4 aliphatic carbocycles. The van der Waals surface area contributed by atoms with E-state index >= 15 is 0 Å². The number of rotatable bonds is 5. The van der Waals surface area contributed by atoms with Gasteiger partial charge < -0.3 is 9.84 Å². The zero-order valence-electron chi connectivity index (χ0n) is 18.0. The van der Waals surface area contributed by atoms with Gasteiger partial charge in [0.05, 0.1) is 11.9 Å². The molecule has 0 amide bonds. The van der Waals surface area contributed by atoms with E-state index in [1.165, 1.54) is 70.5 Å². The van der Waals surface area contributed by atoms with Crippen molar-refractivity contribution >= 4 is 0 Å². The first-order chi connectivity index (χ1) is 13.0. The Morgan fingerprint density at radius 2 is 1.78 bits per heavy atom. The highest BCUT2D eigenvalue weighted by Crippen LogP contribution is 2.69. The third kappa shape index (κ3) is 2.92. The van der Waals surface area contributed by atoms with Crippen molar-refractivity contribution in [2.45, 2.75) is 103 Å². The van der Waals surface area contributed by atoms with E-state index in [0.29, 0.717) is 5.41 Å². The van der Waals surface area contributed by atoms with E-state index in [0.717, 1.165) is 43.1 Å². The van der Waals surface area contributed by atoms with E-state index in [9.17, 15) is 5.11 Å². The van der Waals surface area contributed by atoms with Gasteiger partial charge in [-0.15, -0.1) is 0 Å². The summed E-state index contributed by atoms with van der Waals surface area (Å²) in [5.41, 5.74) is 0.555. The predicted octanol–water partition coefficient (Wildman–Crippen LogP) is 7.05. The number of hydrogen-bond donors (Lipinski definition) is 1. The third-order valence-electron chi connectivity index (χ3n) is 9.97. The topological polar surface area (TPSA) is 29.5 Å². The van der Waals surface area contributed by atoms with Crippen LogP contribution in [0, 0.1) is 34.5 Å². The van der Waals surface area contributed by atoms with Crippen molar-refractivity contribution < 1.29 is 9.84 Å². The molecule has 0 aliphatic heterocycles. The van der Waals surface area contributed by atoms with E-state index in [1.807, 2.05) is 6.08 Å². The summed E-state index contributed by atoms with van der Waals surface area (Å²) in [7, 11) is 0. The molecule has 7 atom stereocenters. The number of aliphatic hydroxyl groups excluding tert-OH is 1. The average Bonchev–Trinajstić information content (AvgIpc) is 2.94. The van der Waals surface area contributed by atoms with Crippen molar-refractivity contribution in [1.82, 2.24) is 0 Å². The maximum absolute atomic E-state index is 9.72. The number of unbranched alkanes of at least 4 members (excludes halogenated alkanes) is 1. The van der Waals surface area contributed by atoms with Gasteiger partial charge in [-0.05, 0) is 93.0 Å². The van der Waals surface area contributed by atoms with E-state index < -0.39 is 0 Å². The lowest BCUT2D eigenvalue weighted by Gasteiger charge is -2.61. The van der Waals surface area contributed by atoms with Crippen molar-refractivity contribution in [1.29, 1.82) is 0 Å². The number of fused-ring (bicyclic) bond motifs is 5. The summed E-state index contributed by atoms with van der Waals surface area (Å²) in [6.07, 6.45) is 19.4. The van der Waals surface area contributed by atoms with Crippen LogP contribution in [0.3, 0.4) is 0 Å². The fraction of sp³-hybridized carbons (Fsp3) is 0.920. The number of ether oxygens (including phenoxy) is 1. The van der Waals surface area contributed by atoms with Crippen molar-refractivity contribution in [2.24, 2.45) is 34.5 Å². The van der Waals surface area contributed by atoms with Crippen LogP contribution in [0.25, 0.3) is 0 Å². The van der Waals surface area contributed by atoms with Crippen LogP contribution in [0.2, 0.25) is 0 Å². The summed E-state index contributed by atoms with van der Waals surface area (Å²) >= 11 is 0. The Morgan fingerprint density at radius 3 is 2.56 bits per heavy atom. The van der Waals surface area contributed by atoms with Crippen molar-refractivity contribution in [3.8, 4) is 0 Å². The first-order valence-corrected chi connectivity index (χ1v) is 12.0. The van der Waals surface area contributed by atoms with Crippen LogP contribution in [-0.2, 0) is 4.74 Å². The molecule has 4 rings (SSSR count). The second kappa shape index (κ2) is 7.39. The summed E-state index contributed by atoms with van der Waals surface area (Å²) in [4.78, 5) is 0. The highest BCUT2D eigenvalue weighted by atomic mass is 16.5. The molecule has 0 saturated heterocycles. The summed E-state index contributed by atoms with van der Waals surface area (Å²) < 4.78 is 6.61. The zero-order valence-corrected chi connectivity index (χ0v) is 18.0. The minimum Gasteiger partial charge on any atom is -0.516 e. The standard InChI is InChI=1S/C25H42O2/c1-4-5-18-27-25(16-17-26)15-12-22-20-10-9-19-8-6-7-13-23(19,2)21(20)11-14-24(22,25)3/h16-17,19-22,26H,4-15,18H2,1-3H3/t19?,20-,21+,22+,23+,24+,25+/m1/s1. The summed E-state index contributed by atoms with van der Waals surface area (Å²) in [6, 6.07) is 0. The molecule has 0 radical (unpaired) electrons. The van der Waals surface area contributed by atoms with Crippen LogP contribution < -0.4 is 0 Å². The van der Waals surface area contributed by atoms with Crippen LogP contribution in [0.4, 0.5) is 0 Å². The lowest BCUT2D eigenvalue weighted by molar-refractivity contribution is -0.155. The molecule has 4 aliphatic rings. The maximum Gasteiger partial charge on any atom is 0.0950 e. The van der Waals surface area contributed by atoms with Gasteiger partial charge in [0.15, 0.2) is 0 Å². The maximum atomic E-state index is 9.72. The SMILES string of the molecule is CCCCO[C@]1(C=CO)CC[C@H]2[C@@H]3CCC4CCCC[C@]4(C)[C@H]3CC[C@@]21C. The molecular weight excluding hydrogens is 332 g/mol. The molecule has 2 heteroatoms. The lowest BCUT2D eigenvalue weighted by atomic mass is 9.44. The van der Waals surface area contributed by atoms with E-state index in [2.05, 4.69) is 20.8 Å². The average molecular weight is 375 g/mol. The van der Waals surface area contributed by atoms with Gasteiger partial charge in [-0.1, -0.05) is 40.0 Å². The van der Waals surface area contributed by atoms with Crippen LogP contribution >= 0.6 is 0 Å². The second-order valence-corrected chi connectivity index (χ2v) is 10.8. The van der Waals surface area contributed by atoms with Gasteiger partial charge in [0.2, 0.25) is 0 Å². The molecule has 154 valence electrons. The summed E-state index contributed by atoms with van der Waals surface area (Å²) in [5.74, 6) is 3.57. The molecule has 1 N–H and O–H groups in total. The van der Waals surface area contributed by atoms with Crippen LogP contribution in [0.5, 0.6) is 0 Å². The van der Waals surface area contributed by atoms with Gasteiger partial charge in [-0.25, -0.2) is 0 Å². The third-order valence-corrected chi connectivity index (χ3v) is 9.97. The molecular formula is C25H42O2. The first-order valence-electron chi connectivity index (χ1n) is 12.0. The number of hydrogen-bond acceptors (Lipinski definition) is 2. The lowest BCUT2D eigenvalue weighted by Crippen LogP contribution is -2.56. The minimum absolute atomic E-state index is 0.193. The first kappa shape index (κ1) is 19.8. The predicted molar refractivity (Wildman–Crippen MR) is 112 cm³/mol. The fourth-order valence-corrected chi connectivity index (χ4v) is 8.41. The van der Waals surface area contributed by atoms with Gasteiger partial charge in [0.1, 0.15) is 0 Å². The molecule has 0 spiro atoms. The van der Waals surface area contributed by atoms with E-state index in [4.69, 9.17) is 4.74 Å². The Bertz CT molecular complexity index is 557. The molecule has 0 aromatic carbocycles. The molecule has 0 aromatic heterocycles. The molecule has 27 heavy (non-hydrogen) atoms. The van der Waals surface area contributed by atoms with Crippen molar-refractivity contribution in [3.05, 3.63) is 12.3 Å². The quantitative estimate of drug-likeness (QED) is 0.413. The van der Waals surface area contributed by atoms with Crippen LogP contribution in [0.1, 0.15) is 97.8 Å².